The highest BCUT2D eigenvalue weighted by Gasteiger charge is 2.30. The van der Waals surface area contributed by atoms with Gasteiger partial charge in [0.1, 0.15) is 6.10 Å². The molecular formula is C13H22O2. The van der Waals surface area contributed by atoms with Gasteiger partial charge >= 0.3 is 5.97 Å². The van der Waals surface area contributed by atoms with Crippen molar-refractivity contribution in [2.75, 3.05) is 0 Å². The summed E-state index contributed by atoms with van der Waals surface area (Å²) in [7, 11) is 0. The van der Waals surface area contributed by atoms with Crippen molar-refractivity contribution in [1.82, 2.24) is 0 Å². The lowest BCUT2D eigenvalue weighted by Crippen LogP contribution is -2.08. The first-order chi connectivity index (χ1) is 7.13. The molecule has 0 N–H and O–H groups in total. The SMILES string of the molecule is C=CCC[C@H](C)CC[C@H]1C[C@@H](C)C(=O)O1. The van der Waals surface area contributed by atoms with E-state index in [1.54, 1.807) is 0 Å². The van der Waals surface area contributed by atoms with Crippen LogP contribution in [0.25, 0.3) is 0 Å². The zero-order valence-corrected chi connectivity index (χ0v) is 9.87. The number of ether oxygens (including phenoxy) is 1. The average molecular weight is 210 g/mol. The fourth-order valence-electron chi connectivity index (χ4n) is 2.01. The molecule has 1 aliphatic rings. The van der Waals surface area contributed by atoms with Crippen molar-refractivity contribution < 1.29 is 9.53 Å². The van der Waals surface area contributed by atoms with Crippen molar-refractivity contribution in [3.05, 3.63) is 12.7 Å². The Kier molecular flexibility index (Phi) is 4.86. The number of carbonyl (C=O) groups excluding carboxylic acids is 1. The van der Waals surface area contributed by atoms with E-state index in [4.69, 9.17) is 4.74 Å². The second kappa shape index (κ2) is 5.94. The topological polar surface area (TPSA) is 26.3 Å². The van der Waals surface area contributed by atoms with Crippen LogP contribution >= 0.6 is 0 Å². The van der Waals surface area contributed by atoms with E-state index in [9.17, 15) is 4.79 Å². The fourth-order valence-corrected chi connectivity index (χ4v) is 2.01. The molecule has 1 heterocycles. The van der Waals surface area contributed by atoms with Crippen LogP contribution in [0.3, 0.4) is 0 Å². The van der Waals surface area contributed by atoms with E-state index < -0.39 is 0 Å². The van der Waals surface area contributed by atoms with Gasteiger partial charge in [0.2, 0.25) is 0 Å². The molecule has 1 aliphatic heterocycles. The predicted octanol–water partition coefficient (Wildman–Crippen LogP) is 3.32. The fraction of sp³-hybridized carbons (Fsp3) is 0.769. The molecule has 0 aromatic rings. The normalized spacial score (nSPS) is 27.5. The standard InChI is InChI=1S/C13H22O2/c1-4-5-6-10(2)7-8-12-9-11(3)13(14)15-12/h4,10-12H,1,5-9H2,2-3H3/t10-,11+,12-/m0/s1. The van der Waals surface area contributed by atoms with Gasteiger partial charge in [-0.1, -0.05) is 19.9 Å². The molecule has 86 valence electrons. The van der Waals surface area contributed by atoms with Gasteiger partial charge in [-0.2, -0.15) is 0 Å². The van der Waals surface area contributed by atoms with Crippen LogP contribution in [0.4, 0.5) is 0 Å². The van der Waals surface area contributed by atoms with Crippen molar-refractivity contribution in [2.24, 2.45) is 11.8 Å². The van der Waals surface area contributed by atoms with Gasteiger partial charge in [0.15, 0.2) is 0 Å². The van der Waals surface area contributed by atoms with Crippen LogP contribution in [0.15, 0.2) is 12.7 Å². The van der Waals surface area contributed by atoms with Gasteiger partial charge in [-0.05, 0) is 38.0 Å². The smallest absolute Gasteiger partial charge is 0.309 e. The first-order valence-corrected chi connectivity index (χ1v) is 5.95. The zero-order valence-electron chi connectivity index (χ0n) is 9.87. The van der Waals surface area contributed by atoms with Crippen LogP contribution in [0.1, 0.15) is 46.0 Å². The van der Waals surface area contributed by atoms with E-state index in [1.165, 1.54) is 6.42 Å². The van der Waals surface area contributed by atoms with E-state index >= 15 is 0 Å². The van der Waals surface area contributed by atoms with Gasteiger partial charge in [-0.15, -0.1) is 6.58 Å². The Hall–Kier alpha value is -0.790. The Morgan fingerprint density at radius 1 is 1.60 bits per heavy atom. The van der Waals surface area contributed by atoms with Gasteiger partial charge in [0.05, 0.1) is 5.92 Å². The molecule has 3 atom stereocenters. The summed E-state index contributed by atoms with van der Waals surface area (Å²) in [6.07, 6.45) is 7.51. The van der Waals surface area contributed by atoms with Crippen LogP contribution in [-0.2, 0) is 9.53 Å². The predicted molar refractivity (Wildman–Crippen MR) is 61.5 cm³/mol. The largest absolute Gasteiger partial charge is 0.462 e. The average Bonchev–Trinajstić information content (AvgIpc) is 2.52. The molecule has 0 radical (unpaired) electrons. The van der Waals surface area contributed by atoms with E-state index in [0.29, 0.717) is 5.92 Å². The molecule has 0 spiro atoms. The molecule has 0 aromatic heterocycles. The van der Waals surface area contributed by atoms with Gasteiger partial charge in [0, 0.05) is 0 Å². The second-order valence-electron chi connectivity index (χ2n) is 4.74. The van der Waals surface area contributed by atoms with E-state index in [-0.39, 0.29) is 18.0 Å². The summed E-state index contributed by atoms with van der Waals surface area (Å²) in [5, 5.41) is 0. The third kappa shape index (κ3) is 4.06. The molecule has 0 saturated carbocycles. The monoisotopic (exact) mass is 210 g/mol. The van der Waals surface area contributed by atoms with Gasteiger partial charge in [-0.25, -0.2) is 0 Å². The summed E-state index contributed by atoms with van der Waals surface area (Å²) in [5.41, 5.74) is 0. The van der Waals surface area contributed by atoms with Crippen LogP contribution in [0.2, 0.25) is 0 Å². The Morgan fingerprint density at radius 3 is 2.87 bits per heavy atom. The van der Waals surface area contributed by atoms with E-state index in [0.717, 1.165) is 25.7 Å². The lowest BCUT2D eigenvalue weighted by molar-refractivity contribution is -0.144. The molecular weight excluding hydrogens is 188 g/mol. The molecule has 2 nitrogen and oxygen atoms in total. The molecule has 1 saturated heterocycles. The van der Waals surface area contributed by atoms with Crippen molar-refractivity contribution in [3.63, 3.8) is 0 Å². The van der Waals surface area contributed by atoms with Gasteiger partial charge in [-0.3, -0.25) is 4.79 Å². The molecule has 0 aliphatic carbocycles. The quantitative estimate of drug-likeness (QED) is 0.496. The lowest BCUT2D eigenvalue weighted by atomic mass is 9.96. The summed E-state index contributed by atoms with van der Waals surface area (Å²) in [5.74, 6) is 0.801. The van der Waals surface area contributed by atoms with Gasteiger partial charge < -0.3 is 4.74 Å². The lowest BCUT2D eigenvalue weighted by Gasteiger charge is -2.13. The minimum Gasteiger partial charge on any atom is -0.462 e. The summed E-state index contributed by atoms with van der Waals surface area (Å²) in [6, 6.07) is 0. The second-order valence-corrected chi connectivity index (χ2v) is 4.74. The number of carbonyl (C=O) groups is 1. The molecule has 0 unspecified atom stereocenters. The zero-order chi connectivity index (χ0) is 11.3. The van der Waals surface area contributed by atoms with Crippen LogP contribution in [0, 0.1) is 11.8 Å². The van der Waals surface area contributed by atoms with Crippen molar-refractivity contribution >= 4 is 5.97 Å². The molecule has 1 fully saturated rings. The van der Waals surface area contributed by atoms with Crippen molar-refractivity contribution in [1.29, 1.82) is 0 Å². The minimum atomic E-state index is -0.0151. The number of esters is 1. The molecule has 1 rings (SSSR count). The molecule has 2 heteroatoms. The first kappa shape index (κ1) is 12.3. The van der Waals surface area contributed by atoms with E-state index in [1.807, 2.05) is 13.0 Å². The summed E-state index contributed by atoms with van der Waals surface area (Å²) < 4.78 is 5.27. The Balaban J connectivity index is 2.15. The Bertz CT molecular complexity index is 223. The number of hydrogen-bond acceptors (Lipinski definition) is 2. The van der Waals surface area contributed by atoms with Crippen LogP contribution < -0.4 is 0 Å². The molecule has 0 bridgehead atoms. The highest BCUT2D eigenvalue weighted by atomic mass is 16.5. The van der Waals surface area contributed by atoms with Crippen LogP contribution in [0.5, 0.6) is 0 Å². The minimum absolute atomic E-state index is 0.0151. The summed E-state index contributed by atoms with van der Waals surface area (Å²) >= 11 is 0. The summed E-state index contributed by atoms with van der Waals surface area (Å²) in [6.45, 7) is 7.92. The Labute approximate surface area is 92.7 Å². The van der Waals surface area contributed by atoms with E-state index in [2.05, 4.69) is 13.5 Å². The number of allylic oxidation sites excluding steroid dienone is 1. The molecule has 0 amide bonds. The number of hydrogen-bond donors (Lipinski definition) is 0. The third-order valence-corrected chi connectivity index (χ3v) is 3.15. The number of rotatable bonds is 6. The van der Waals surface area contributed by atoms with Gasteiger partial charge in [0.25, 0.3) is 0 Å². The maximum atomic E-state index is 11.2. The molecule has 15 heavy (non-hydrogen) atoms. The first-order valence-electron chi connectivity index (χ1n) is 5.95. The summed E-state index contributed by atoms with van der Waals surface area (Å²) in [4.78, 5) is 11.2. The Morgan fingerprint density at radius 2 is 2.33 bits per heavy atom. The van der Waals surface area contributed by atoms with Crippen molar-refractivity contribution in [3.8, 4) is 0 Å². The maximum absolute atomic E-state index is 11.2. The maximum Gasteiger partial charge on any atom is 0.309 e. The highest BCUT2D eigenvalue weighted by molar-refractivity contribution is 5.74. The van der Waals surface area contributed by atoms with Crippen molar-refractivity contribution in [2.45, 2.75) is 52.1 Å². The highest BCUT2D eigenvalue weighted by Crippen LogP contribution is 2.26. The van der Waals surface area contributed by atoms with Crippen LogP contribution in [-0.4, -0.2) is 12.1 Å². The third-order valence-electron chi connectivity index (χ3n) is 3.15. The number of cyclic esters (lactones) is 1. The molecule has 0 aromatic carbocycles.